The standard InChI is InChI=1S/C6H9FO/c7-6-2-1-5(3-6)4-8/h4-6H,1-3H2. The molecule has 1 saturated carbocycles. The lowest BCUT2D eigenvalue weighted by molar-refractivity contribution is -0.111. The summed E-state index contributed by atoms with van der Waals surface area (Å²) in [6.07, 6.45) is 1.96. The molecule has 46 valence electrons. The largest absolute Gasteiger partial charge is 0.303 e. The van der Waals surface area contributed by atoms with Crippen LogP contribution in [0.1, 0.15) is 19.3 Å². The van der Waals surface area contributed by atoms with Crippen LogP contribution in [-0.4, -0.2) is 12.5 Å². The van der Waals surface area contributed by atoms with Gasteiger partial charge >= 0.3 is 0 Å². The van der Waals surface area contributed by atoms with Crippen molar-refractivity contribution in [1.29, 1.82) is 0 Å². The Bertz CT molecular complexity index is 92.5. The summed E-state index contributed by atoms with van der Waals surface area (Å²) < 4.78 is 12.2. The Kier molecular flexibility index (Phi) is 1.61. The highest BCUT2D eigenvalue weighted by atomic mass is 19.1. The number of carbonyl (C=O) groups is 1. The molecular weight excluding hydrogens is 107 g/mol. The first-order valence-corrected chi connectivity index (χ1v) is 2.92. The average Bonchev–Trinajstić information content (AvgIpc) is 2.14. The van der Waals surface area contributed by atoms with Gasteiger partial charge in [-0.25, -0.2) is 4.39 Å². The van der Waals surface area contributed by atoms with Crippen molar-refractivity contribution in [3.05, 3.63) is 0 Å². The van der Waals surface area contributed by atoms with Crippen LogP contribution in [0.3, 0.4) is 0 Å². The van der Waals surface area contributed by atoms with E-state index in [-0.39, 0.29) is 5.92 Å². The highest BCUT2D eigenvalue weighted by molar-refractivity contribution is 5.54. The van der Waals surface area contributed by atoms with Gasteiger partial charge in [0.2, 0.25) is 0 Å². The molecule has 2 unspecified atom stereocenters. The molecule has 2 atom stereocenters. The van der Waals surface area contributed by atoms with Crippen molar-refractivity contribution in [2.24, 2.45) is 5.92 Å². The topological polar surface area (TPSA) is 17.1 Å². The Hall–Kier alpha value is -0.400. The number of carbonyl (C=O) groups excluding carboxylic acids is 1. The van der Waals surface area contributed by atoms with E-state index < -0.39 is 6.17 Å². The molecule has 1 aliphatic carbocycles. The van der Waals surface area contributed by atoms with Crippen molar-refractivity contribution >= 4 is 6.29 Å². The molecular formula is C6H9FO. The Balaban J connectivity index is 2.32. The van der Waals surface area contributed by atoms with E-state index in [1.165, 1.54) is 0 Å². The van der Waals surface area contributed by atoms with Gasteiger partial charge in [-0.15, -0.1) is 0 Å². The summed E-state index contributed by atoms with van der Waals surface area (Å²) in [5, 5.41) is 0. The van der Waals surface area contributed by atoms with Crippen molar-refractivity contribution in [2.75, 3.05) is 0 Å². The van der Waals surface area contributed by atoms with E-state index in [0.29, 0.717) is 12.8 Å². The summed E-state index contributed by atoms with van der Waals surface area (Å²) in [5.41, 5.74) is 0. The maximum absolute atomic E-state index is 12.2. The van der Waals surface area contributed by atoms with E-state index in [0.717, 1.165) is 12.7 Å². The van der Waals surface area contributed by atoms with Crippen LogP contribution < -0.4 is 0 Å². The number of rotatable bonds is 1. The second kappa shape index (κ2) is 2.25. The number of hydrogen-bond donors (Lipinski definition) is 0. The van der Waals surface area contributed by atoms with Gasteiger partial charge in [-0.3, -0.25) is 0 Å². The van der Waals surface area contributed by atoms with Gasteiger partial charge in [0.15, 0.2) is 0 Å². The van der Waals surface area contributed by atoms with Gasteiger partial charge in [-0.2, -0.15) is 0 Å². The number of aldehydes is 1. The zero-order chi connectivity index (χ0) is 5.98. The molecule has 0 heterocycles. The lowest BCUT2D eigenvalue weighted by Gasteiger charge is -1.92. The maximum Gasteiger partial charge on any atom is 0.123 e. The van der Waals surface area contributed by atoms with E-state index in [9.17, 15) is 9.18 Å². The van der Waals surface area contributed by atoms with Gasteiger partial charge < -0.3 is 4.79 Å². The number of alkyl halides is 1. The molecule has 8 heavy (non-hydrogen) atoms. The molecule has 0 aromatic rings. The highest BCUT2D eigenvalue weighted by Gasteiger charge is 2.22. The van der Waals surface area contributed by atoms with Crippen LogP contribution in [0, 0.1) is 5.92 Å². The van der Waals surface area contributed by atoms with Crippen molar-refractivity contribution < 1.29 is 9.18 Å². The van der Waals surface area contributed by atoms with Gasteiger partial charge in [0, 0.05) is 5.92 Å². The predicted molar refractivity (Wildman–Crippen MR) is 28.3 cm³/mol. The first kappa shape index (κ1) is 5.73. The summed E-state index contributed by atoms with van der Waals surface area (Å²) in [4.78, 5) is 9.99. The lowest BCUT2D eigenvalue weighted by atomic mass is 10.1. The van der Waals surface area contributed by atoms with Crippen LogP contribution in [-0.2, 0) is 4.79 Å². The molecule has 0 N–H and O–H groups in total. The van der Waals surface area contributed by atoms with Gasteiger partial charge in [-0.1, -0.05) is 0 Å². The fraction of sp³-hybridized carbons (Fsp3) is 0.833. The molecule has 0 amide bonds. The summed E-state index contributed by atoms with van der Waals surface area (Å²) in [7, 11) is 0. The minimum absolute atomic E-state index is 0.0185. The number of hydrogen-bond acceptors (Lipinski definition) is 1. The van der Waals surface area contributed by atoms with Gasteiger partial charge in [0.05, 0.1) is 0 Å². The fourth-order valence-corrected chi connectivity index (χ4v) is 1.08. The molecule has 0 aromatic carbocycles. The smallest absolute Gasteiger partial charge is 0.123 e. The predicted octanol–water partition coefficient (Wildman–Crippen LogP) is 1.32. The van der Waals surface area contributed by atoms with Gasteiger partial charge in [0.1, 0.15) is 12.5 Å². The van der Waals surface area contributed by atoms with Crippen molar-refractivity contribution in [3.63, 3.8) is 0 Å². The van der Waals surface area contributed by atoms with E-state index in [4.69, 9.17) is 0 Å². The van der Waals surface area contributed by atoms with Crippen molar-refractivity contribution in [1.82, 2.24) is 0 Å². The highest BCUT2D eigenvalue weighted by Crippen LogP contribution is 2.25. The monoisotopic (exact) mass is 116 g/mol. The Morgan fingerprint density at radius 3 is 2.50 bits per heavy atom. The molecule has 0 aliphatic heterocycles. The van der Waals surface area contributed by atoms with Crippen LogP contribution in [0.5, 0.6) is 0 Å². The van der Waals surface area contributed by atoms with Crippen LogP contribution >= 0.6 is 0 Å². The summed E-state index contributed by atoms with van der Waals surface area (Å²) in [6.45, 7) is 0. The summed E-state index contributed by atoms with van der Waals surface area (Å²) in [6, 6.07) is 0. The van der Waals surface area contributed by atoms with Crippen LogP contribution in [0.2, 0.25) is 0 Å². The Morgan fingerprint density at radius 2 is 2.25 bits per heavy atom. The van der Waals surface area contributed by atoms with Crippen molar-refractivity contribution in [3.8, 4) is 0 Å². The third-order valence-corrected chi connectivity index (χ3v) is 1.60. The normalized spacial score (nSPS) is 37.6. The molecule has 1 aliphatic rings. The molecule has 0 bridgehead atoms. The Morgan fingerprint density at radius 1 is 1.50 bits per heavy atom. The lowest BCUT2D eigenvalue weighted by Crippen LogP contribution is -1.95. The third-order valence-electron chi connectivity index (χ3n) is 1.60. The molecule has 0 aromatic heterocycles. The molecule has 1 nitrogen and oxygen atoms in total. The van der Waals surface area contributed by atoms with Crippen LogP contribution in [0.4, 0.5) is 4.39 Å². The second-order valence-electron chi connectivity index (χ2n) is 2.31. The zero-order valence-electron chi connectivity index (χ0n) is 4.64. The van der Waals surface area contributed by atoms with Gasteiger partial charge in [-0.05, 0) is 19.3 Å². The van der Waals surface area contributed by atoms with Crippen LogP contribution in [0.15, 0.2) is 0 Å². The molecule has 0 radical (unpaired) electrons. The van der Waals surface area contributed by atoms with E-state index in [1.807, 2.05) is 0 Å². The quantitative estimate of drug-likeness (QED) is 0.472. The first-order valence-electron chi connectivity index (χ1n) is 2.92. The van der Waals surface area contributed by atoms with Gasteiger partial charge in [0.25, 0.3) is 0 Å². The molecule has 2 heteroatoms. The molecule has 0 spiro atoms. The Labute approximate surface area is 47.9 Å². The van der Waals surface area contributed by atoms with E-state index in [1.54, 1.807) is 0 Å². The van der Waals surface area contributed by atoms with E-state index in [2.05, 4.69) is 0 Å². The first-order chi connectivity index (χ1) is 3.83. The average molecular weight is 116 g/mol. The molecule has 1 rings (SSSR count). The molecule has 0 saturated heterocycles. The SMILES string of the molecule is O=CC1CCC(F)C1. The fourth-order valence-electron chi connectivity index (χ4n) is 1.08. The maximum atomic E-state index is 12.2. The second-order valence-corrected chi connectivity index (χ2v) is 2.31. The summed E-state index contributed by atoms with van der Waals surface area (Å²) >= 11 is 0. The minimum atomic E-state index is -0.704. The minimum Gasteiger partial charge on any atom is -0.303 e. The van der Waals surface area contributed by atoms with Crippen molar-refractivity contribution in [2.45, 2.75) is 25.4 Å². The zero-order valence-corrected chi connectivity index (χ0v) is 4.64. The number of halogens is 1. The molecule has 1 fully saturated rings. The summed E-state index contributed by atoms with van der Waals surface area (Å²) in [5.74, 6) is 0.0185. The van der Waals surface area contributed by atoms with E-state index >= 15 is 0 Å². The third kappa shape index (κ3) is 1.05. The van der Waals surface area contributed by atoms with Crippen LogP contribution in [0.25, 0.3) is 0 Å².